The number of hydrogen-bond acceptors (Lipinski definition) is 2. The Morgan fingerprint density at radius 3 is 2.85 bits per heavy atom. The Hall–Kier alpha value is -1.51. The summed E-state index contributed by atoms with van der Waals surface area (Å²) in [5.41, 5.74) is 1.49. The Bertz CT molecular complexity index is 466. The van der Waals surface area contributed by atoms with E-state index in [2.05, 4.69) is 16.9 Å². The number of aryl methyl sites for hydroxylation is 1. The third-order valence-electron chi connectivity index (χ3n) is 1.89. The minimum absolute atomic E-state index is 0.268. The SMILES string of the molecule is [CH2]c1nc(C)c2cc(F)ccc2n1. The van der Waals surface area contributed by atoms with Crippen LogP contribution in [0.4, 0.5) is 4.39 Å². The summed E-state index contributed by atoms with van der Waals surface area (Å²) in [5.74, 6) is 0.202. The first-order valence-electron chi connectivity index (χ1n) is 3.92. The van der Waals surface area contributed by atoms with Gasteiger partial charge in [-0.25, -0.2) is 14.4 Å². The number of fused-ring (bicyclic) bond motifs is 1. The summed E-state index contributed by atoms with van der Waals surface area (Å²) in [6, 6.07) is 4.45. The molecule has 1 aromatic heterocycles. The van der Waals surface area contributed by atoms with E-state index in [1.165, 1.54) is 12.1 Å². The molecule has 0 amide bonds. The van der Waals surface area contributed by atoms with E-state index in [1.54, 1.807) is 6.07 Å². The van der Waals surface area contributed by atoms with Gasteiger partial charge in [0, 0.05) is 18.0 Å². The van der Waals surface area contributed by atoms with E-state index < -0.39 is 0 Å². The van der Waals surface area contributed by atoms with E-state index in [1.807, 2.05) is 6.92 Å². The fraction of sp³-hybridized carbons (Fsp3) is 0.100. The summed E-state index contributed by atoms with van der Waals surface area (Å²) in [6.45, 7) is 5.46. The molecule has 2 nitrogen and oxygen atoms in total. The lowest BCUT2D eigenvalue weighted by Crippen LogP contribution is -1.93. The van der Waals surface area contributed by atoms with Crippen LogP contribution in [0, 0.1) is 19.7 Å². The predicted octanol–water partition coefficient (Wildman–Crippen LogP) is 2.26. The van der Waals surface area contributed by atoms with Gasteiger partial charge in [0.2, 0.25) is 0 Å². The molecule has 0 saturated carbocycles. The second kappa shape index (κ2) is 2.76. The van der Waals surface area contributed by atoms with Crippen molar-refractivity contribution in [2.24, 2.45) is 0 Å². The molecule has 0 saturated heterocycles. The first-order chi connectivity index (χ1) is 6.16. The van der Waals surface area contributed by atoms with Gasteiger partial charge in [0.05, 0.1) is 5.52 Å². The largest absolute Gasteiger partial charge is 0.238 e. The van der Waals surface area contributed by atoms with E-state index in [9.17, 15) is 4.39 Å². The third-order valence-corrected chi connectivity index (χ3v) is 1.89. The fourth-order valence-electron chi connectivity index (χ4n) is 1.31. The Labute approximate surface area is 75.4 Å². The smallest absolute Gasteiger partial charge is 0.129 e. The molecule has 0 unspecified atom stereocenters. The molecule has 0 N–H and O–H groups in total. The van der Waals surface area contributed by atoms with Gasteiger partial charge in [-0.3, -0.25) is 0 Å². The first-order valence-corrected chi connectivity index (χ1v) is 3.92. The van der Waals surface area contributed by atoms with Crippen LogP contribution in [-0.2, 0) is 0 Å². The van der Waals surface area contributed by atoms with Crippen LogP contribution in [0.5, 0.6) is 0 Å². The molecule has 13 heavy (non-hydrogen) atoms. The van der Waals surface area contributed by atoms with Crippen LogP contribution >= 0.6 is 0 Å². The number of benzene rings is 1. The molecule has 3 heteroatoms. The second-order valence-corrected chi connectivity index (χ2v) is 2.89. The van der Waals surface area contributed by atoms with Gasteiger partial charge in [0.1, 0.15) is 11.6 Å². The van der Waals surface area contributed by atoms with Crippen molar-refractivity contribution in [2.45, 2.75) is 6.92 Å². The van der Waals surface area contributed by atoms with Crippen molar-refractivity contribution in [3.8, 4) is 0 Å². The molecule has 0 aliphatic heterocycles. The van der Waals surface area contributed by atoms with Crippen molar-refractivity contribution in [3.05, 3.63) is 42.5 Å². The molecule has 0 spiro atoms. The molecular formula is C10H8FN2. The molecule has 0 atom stereocenters. The van der Waals surface area contributed by atoms with Crippen LogP contribution in [-0.4, -0.2) is 9.97 Å². The van der Waals surface area contributed by atoms with Crippen molar-refractivity contribution >= 4 is 10.9 Å². The van der Waals surface area contributed by atoms with Gasteiger partial charge in [-0.2, -0.15) is 0 Å². The number of nitrogens with zero attached hydrogens (tertiary/aromatic N) is 2. The van der Waals surface area contributed by atoms with Crippen molar-refractivity contribution in [1.82, 2.24) is 9.97 Å². The normalized spacial score (nSPS) is 10.7. The zero-order valence-electron chi connectivity index (χ0n) is 7.21. The Balaban J connectivity index is 2.87. The maximum absolute atomic E-state index is 12.8. The number of halogens is 1. The monoisotopic (exact) mass is 175 g/mol. The minimum Gasteiger partial charge on any atom is -0.238 e. The molecule has 2 rings (SSSR count). The summed E-state index contributed by atoms with van der Waals surface area (Å²) in [4.78, 5) is 8.14. The second-order valence-electron chi connectivity index (χ2n) is 2.89. The van der Waals surface area contributed by atoms with Crippen molar-refractivity contribution < 1.29 is 4.39 Å². The van der Waals surface area contributed by atoms with E-state index in [0.29, 0.717) is 5.82 Å². The summed E-state index contributed by atoms with van der Waals surface area (Å²) in [5, 5.41) is 0.743. The highest BCUT2D eigenvalue weighted by Crippen LogP contribution is 2.16. The molecule has 0 fully saturated rings. The minimum atomic E-state index is -0.268. The highest BCUT2D eigenvalue weighted by molar-refractivity contribution is 5.80. The zero-order valence-corrected chi connectivity index (χ0v) is 7.21. The van der Waals surface area contributed by atoms with E-state index in [-0.39, 0.29) is 5.82 Å². The molecule has 0 aliphatic rings. The highest BCUT2D eigenvalue weighted by atomic mass is 19.1. The van der Waals surface area contributed by atoms with Crippen LogP contribution in [0.25, 0.3) is 10.9 Å². The topological polar surface area (TPSA) is 25.8 Å². The third kappa shape index (κ3) is 1.37. The van der Waals surface area contributed by atoms with Gasteiger partial charge < -0.3 is 0 Å². The predicted molar refractivity (Wildman–Crippen MR) is 48.7 cm³/mol. The average molecular weight is 175 g/mol. The number of rotatable bonds is 0. The van der Waals surface area contributed by atoms with Gasteiger partial charge in [-0.15, -0.1) is 0 Å². The number of aromatic nitrogens is 2. The van der Waals surface area contributed by atoms with Gasteiger partial charge in [-0.1, -0.05) is 0 Å². The van der Waals surface area contributed by atoms with Crippen LogP contribution in [0.15, 0.2) is 18.2 Å². The molecule has 1 heterocycles. The Morgan fingerprint density at radius 2 is 2.08 bits per heavy atom. The van der Waals surface area contributed by atoms with E-state index in [0.717, 1.165) is 16.6 Å². The summed E-state index contributed by atoms with van der Waals surface area (Å²) < 4.78 is 12.8. The van der Waals surface area contributed by atoms with E-state index >= 15 is 0 Å². The molecule has 0 bridgehead atoms. The highest BCUT2D eigenvalue weighted by Gasteiger charge is 2.02. The lowest BCUT2D eigenvalue weighted by Gasteiger charge is -2.01. The van der Waals surface area contributed by atoms with Crippen LogP contribution < -0.4 is 0 Å². The number of hydrogen-bond donors (Lipinski definition) is 0. The molecule has 1 radical (unpaired) electrons. The molecule has 0 aliphatic carbocycles. The summed E-state index contributed by atoms with van der Waals surface area (Å²) in [7, 11) is 0. The summed E-state index contributed by atoms with van der Waals surface area (Å²) >= 11 is 0. The fourth-order valence-corrected chi connectivity index (χ4v) is 1.31. The lowest BCUT2D eigenvalue weighted by molar-refractivity contribution is 0.629. The average Bonchev–Trinajstić information content (AvgIpc) is 2.06. The van der Waals surface area contributed by atoms with Crippen LogP contribution in [0.1, 0.15) is 11.5 Å². The quantitative estimate of drug-likeness (QED) is 0.613. The molecule has 1 aromatic carbocycles. The van der Waals surface area contributed by atoms with Crippen LogP contribution in [0.2, 0.25) is 0 Å². The Kier molecular flexibility index (Phi) is 1.72. The molecular weight excluding hydrogens is 167 g/mol. The first kappa shape index (κ1) is 8.10. The van der Waals surface area contributed by atoms with Gasteiger partial charge in [0.15, 0.2) is 0 Å². The van der Waals surface area contributed by atoms with Crippen molar-refractivity contribution in [3.63, 3.8) is 0 Å². The standard InChI is InChI=1S/C10H8FN2/c1-6-9-5-8(11)3-4-10(9)13-7(2)12-6/h3-5H,2H2,1H3. The van der Waals surface area contributed by atoms with Gasteiger partial charge in [-0.05, 0) is 25.1 Å². The molecule has 2 aromatic rings. The van der Waals surface area contributed by atoms with Gasteiger partial charge >= 0.3 is 0 Å². The van der Waals surface area contributed by atoms with Crippen LogP contribution in [0.3, 0.4) is 0 Å². The molecule has 65 valence electrons. The Morgan fingerprint density at radius 1 is 1.31 bits per heavy atom. The lowest BCUT2D eigenvalue weighted by atomic mass is 10.2. The van der Waals surface area contributed by atoms with E-state index in [4.69, 9.17) is 0 Å². The van der Waals surface area contributed by atoms with Crippen molar-refractivity contribution in [2.75, 3.05) is 0 Å². The van der Waals surface area contributed by atoms with Gasteiger partial charge in [0.25, 0.3) is 0 Å². The summed E-state index contributed by atoms with van der Waals surface area (Å²) in [6.07, 6.45) is 0. The maximum Gasteiger partial charge on any atom is 0.129 e. The maximum atomic E-state index is 12.8. The zero-order chi connectivity index (χ0) is 9.42. The van der Waals surface area contributed by atoms with Crippen molar-refractivity contribution in [1.29, 1.82) is 0 Å².